The van der Waals surface area contributed by atoms with Crippen LogP contribution in [0.2, 0.25) is 0 Å². The summed E-state index contributed by atoms with van der Waals surface area (Å²) in [6.07, 6.45) is 82.6. The van der Waals surface area contributed by atoms with E-state index in [9.17, 15) is 9.59 Å². The van der Waals surface area contributed by atoms with Crippen LogP contribution in [0.15, 0.2) is 72.9 Å². The van der Waals surface area contributed by atoms with E-state index in [1.54, 1.807) is 0 Å². The molecule has 5 heteroatoms. The molecule has 0 saturated heterocycles. The summed E-state index contributed by atoms with van der Waals surface area (Å²) in [5.41, 5.74) is 0. The lowest BCUT2D eigenvalue weighted by Gasteiger charge is -2.18. The average Bonchev–Trinajstić information content (AvgIpc) is 3.38. The molecule has 418 valence electrons. The van der Waals surface area contributed by atoms with Gasteiger partial charge in [0.25, 0.3) is 0 Å². The Kier molecular flexibility index (Phi) is 60.3. The maximum absolute atomic E-state index is 12.7. The third-order valence-corrected chi connectivity index (χ3v) is 13.8. The standard InChI is InChI=1S/C67H120O5/c1-4-7-10-13-16-19-22-25-28-31-33-34-36-38-40-43-46-49-52-55-58-61-67(69)72-64-65(70-62-59-56-53-50-47-44-41-30-27-24-21-18-15-12-9-6-3)63-71-66(68)60-57-54-51-48-45-42-39-37-35-32-29-26-23-20-17-14-11-8-5-2/h17,20,25-26,28-29,35,37,42,45,51,54,65H,4-16,18-19,21-24,27,30-34,36,38-41,43-44,46-50,52-53,55-64H2,1-3H3/b20-17-,28-25-,29-26-,37-35-,45-42-,54-51-/t65-/m1/s1. The quantitative estimate of drug-likeness (QED) is 0.0345. The lowest BCUT2D eigenvalue weighted by atomic mass is 10.0. The molecule has 0 heterocycles. The lowest BCUT2D eigenvalue weighted by Crippen LogP contribution is -2.29. The van der Waals surface area contributed by atoms with E-state index in [1.807, 2.05) is 0 Å². The smallest absolute Gasteiger partial charge is 0.306 e. The maximum Gasteiger partial charge on any atom is 0.306 e. The molecule has 0 aliphatic heterocycles. The van der Waals surface area contributed by atoms with Crippen molar-refractivity contribution in [2.24, 2.45) is 0 Å². The Morgan fingerprint density at radius 2 is 0.556 bits per heavy atom. The number of unbranched alkanes of at least 4 members (excludes halogenated alkanes) is 35. The monoisotopic (exact) mass is 1000 g/mol. The third kappa shape index (κ3) is 59.9. The van der Waals surface area contributed by atoms with E-state index < -0.39 is 6.10 Å². The zero-order valence-corrected chi connectivity index (χ0v) is 48.2. The van der Waals surface area contributed by atoms with Gasteiger partial charge in [0.15, 0.2) is 0 Å². The van der Waals surface area contributed by atoms with Crippen LogP contribution in [0.25, 0.3) is 0 Å². The number of carbonyl (C=O) groups is 2. The SMILES string of the molecule is CCCCC/C=C\C/C=C\C/C=C\C/C=C\C/C=C\CCC(=O)OC[C@H](COC(=O)CCCCCCCCCCCCC/C=C\CCCCCCCC)OCCCCCCCCCCCCCCCCCC. The molecule has 0 saturated carbocycles. The van der Waals surface area contributed by atoms with E-state index in [2.05, 4.69) is 93.7 Å². The molecule has 1 atom stereocenters. The zero-order chi connectivity index (χ0) is 52.0. The first kappa shape index (κ1) is 69.3. The molecule has 0 fully saturated rings. The van der Waals surface area contributed by atoms with Gasteiger partial charge in [0.05, 0.1) is 0 Å². The van der Waals surface area contributed by atoms with Gasteiger partial charge in [0.1, 0.15) is 19.3 Å². The van der Waals surface area contributed by atoms with Gasteiger partial charge in [-0.25, -0.2) is 0 Å². The molecular formula is C67H120O5. The average molecular weight is 1010 g/mol. The highest BCUT2D eigenvalue weighted by Crippen LogP contribution is 2.16. The molecule has 0 aliphatic rings. The van der Waals surface area contributed by atoms with Gasteiger partial charge in [0, 0.05) is 19.4 Å². The van der Waals surface area contributed by atoms with Crippen LogP contribution in [-0.2, 0) is 23.8 Å². The molecule has 0 amide bonds. The molecule has 0 bridgehead atoms. The molecular weight excluding hydrogens is 885 g/mol. The minimum Gasteiger partial charge on any atom is -0.463 e. The summed E-state index contributed by atoms with van der Waals surface area (Å²) in [6.45, 7) is 7.66. The van der Waals surface area contributed by atoms with Gasteiger partial charge in [-0.05, 0) is 83.5 Å². The van der Waals surface area contributed by atoms with Crippen LogP contribution >= 0.6 is 0 Å². The second-order valence-corrected chi connectivity index (χ2v) is 21.0. The molecule has 0 aromatic rings. The highest BCUT2D eigenvalue weighted by Gasteiger charge is 2.16. The first-order valence-corrected chi connectivity index (χ1v) is 31.5. The molecule has 0 aromatic carbocycles. The molecule has 72 heavy (non-hydrogen) atoms. The van der Waals surface area contributed by atoms with Gasteiger partial charge in [-0.3, -0.25) is 9.59 Å². The van der Waals surface area contributed by atoms with Gasteiger partial charge in [0.2, 0.25) is 0 Å². The second kappa shape index (κ2) is 62.6. The van der Waals surface area contributed by atoms with Crippen LogP contribution in [0, 0.1) is 0 Å². The molecule has 5 nitrogen and oxygen atoms in total. The maximum atomic E-state index is 12.7. The zero-order valence-electron chi connectivity index (χ0n) is 48.2. The lowest BCUT2D eigenvalue weighted by molar-refractivity contribution is -0.155. The summed E-state index contributed by atoms with van der Waals surface area (Å²) in [7, 11) is 0. The second-order valence-electron chi connectivity index (χ2n) is 21.0. The molecule has 0 unspecified atom stereocenters. The third-order valence-electron chi connectivity index (χ3n) is 13.8. The normalized spacial score (nSPS) is 12.7. The van der Waals surface area contributed by atoms with Crippen LogP contribution in [0.1, 0.15) is 316 Å². The van der Waals surface area contributed by atoms with Crippen molar-refractivity contribution in [3.05, 3.63) is 72.9 Å². The van der Waals surface area contributed by atoms with Crippen molar-refractivity contribution >= 4 is 11.9 Å². The number of allylic oxidation sites excluding steroid dienone is 12. The summed E-state index contributed by atoms with van der Waals surface area (Å²) in [4.78, 5) is 25.4. The Morgan fingerprint density at radius 3 is 0.944 bits per heavy atom. The van der Waals surface area contributed by atoms with Crippen molar-refractivity contribution in [2.45, 2.75) is 322 Å². The van der Waals surface area contributed by atoms with Crippen LogP contribution in [0.3, 0.4) is 0 Å². The fourth-order valence-corrected chi connectivity index (χ4v) is 8.99. The van der Waals surface area contributed by atoms with Crippen molar-refractivity contribution in [1.29, 1.82) is 0 Å². The predicted molar refractivity (Wildman–Crippen MR) is 316 cm³/mol. The highest BCUT2D eigenvalue weighted by atomic mass is 16.6. The molecule has 0 spiro atoms. The van der Waals surface area contributed by atoms with Crippen molar-refractivity contribution in [3.63, 3.8) is 0 Å². The number of rotatable bonds is 58. The van der Waals surface area contributed by atoms with Gasteiger partial charge >= 0.3 is 11.9 Å². The van der Waals surface area contributed by atoms with Crippen LogP contribution in [0.4, 0.5) is 0 Å². The Balaban J connectivity index is 4.32. The Hall–Kier alpha value is -2.66. The van der Waals surface area contributed by atoms with Crippen LogP contribution in [0.5, 0.6) is 0 Å². The van der Waals surface area contributed by atoms with Gasteiger partial charge in [-0.2, -0.15) is 0 Å². The fraction of sp³-hybridized carbons (Fsp3) is 0.791. The van der Waals surface area contributed by atoms with Crippen molar-refractivity contribution < 1.29 is 23.8 Å². The number of carbonyl (C=O) groups excluding carboxylic acids is 2. The topological polar surface area (TPSA) is 61.8 Å². The van der Waals surface area contributed by atoms with Crippen LogP contribution in [-0.4, -0.2) is 37.9 Å². The summed E-state index contributed by atoms with van der Waals surface area (Å²) in [5.74, 6) is -0.415. The number of hydrogen-bond acceptors (Lipinski definition) is 5. The van der Waals surface area contributed by atoms with Crippen molar-refractivity contribution in [2.75, 3.05) is 19.8 Å². The van der Waals surface area contributed by atoms with Gasteiger partial charge in [-0.1, -0.05) is 293 Å². The predicted octanol–water partition coefficient (Wildman–Crippen LogP) is 21.8. The first-order chi connectivity index (χ1) is 35.6. The van der Waals surface area contributed by atoms with Crippen molar-refractivity contribution in [1.82, 2.24) is 0 Å². The highest BCUT2D eigenvalue weighted by molar-refractivity contribution is 5.70. The largest absolute Gasteiger partial charge is 0.463 e. The summed E-state index contributed by atoms with van der Waals surface area (Å²) < 4.78 is 17.5. The van der Waals surface area contributed by atoms with Gasteiger partial charge < -0.3 is 14.2 Å². The minimum absolute atomic E-state index is 0.119. The fourth-order valence-electron chi connectivity index (χ4n) is 8.99. The molecule has 0 aromatic heterocycles. The summed E-state index contributed by atoms with van der Waals surface area (Å²) in [5, 5.41) is 0. The first-order valence-electron chi connectivity index (χ1n) is 31.5. The van der Waals surface area contributed by atoms with E-state index in [1.165, 1.54) is 225 Å². The number of esters is 2. The Bertz CT molecular complexity index is 1270. The number of hydrogen-bond donors (Lipinski definition) is 0. The van der Waals surface area contributed by atoms with E-state index in [4.69, 9.17) is 14.2 Å². The molecule has 0 aliphatic carbocycles. The van der Waals surface area contributed by atoms with Gasteiger partial charge in [-0.15, -0.1) is 0 Å². The molecule has 0 N–H and O–H groups in total. The summed E-state index contributed by atoms with van der Waals surface area (Å²) in [6, 6.07) is 0. The minimum atomic E-state index is -0.432. The Labute approximate surface area is 448 Å². The van der Waals surface area contributed by atoms with E-state index in [0.29, 0.717) is 25.9 Å². The molecule has 0 radical (unpaired) electrons. The van der Waals surface area contributed by atoms with Crippen LogP contribution < -0.4 is 0 Å². The van der Waals surface area contributed by atoms with Crippen molar-refractivity contribution in [3.8, 4) is 0 Å². The molecule has 0 rings (SSSR count). The van der Waals surface area contributed by atoms with E-state index >= 15 is 0 Å². The van der Waals surface area contributed by atoms with E-state index in [0.717, 1.165) is 51.4 Å². The summed E-state index contributed by atoms with van der Waals surface area (Å²) >= 11 is 0. The number of ether oxygens (including phenoxy) is 3. The van der Waals surface area contributed by atoms with E-state index in [-0.39, 0.29) is 25.2 Å². The Morgan fingerprint density at radius 1 is 0.292 bits per heavy atom.